The number of aromatic nitrogens is 1. The predicted octanol–water partition coefficient (Wildman–Crippen LogP) is 5.53. The summed E-state index contributed by atoms with van der Waals surface area (Å²) in [5, 5.41) is 5.55. The van der Waals surface area contributed by atoms with Crippen molar-refractivity contribution >= 4 is 23.6 Å². The van der Waals surface area contributed by atoms with Crippen LogP contribution < -0.4 is 20.1 Å². The average Bonchev–Trinajstić information content (AvgIpc) is 3.60. The molecule has 1 aromatic heterocycles. The van der Waals surface area contributed by atoms with E-state index in [1.807, 2.05) is 0 Å². The number of fused-ring (bicyclic) bond motifs is 2. The number of hydrogen-bond donors (Lipinski definition) is 2. The zero-order chi connectivity index (χ0) is 31.6. The molecule has 3 aliphatic carbocycles. The molecule has 0 spiro atoms. The minimum absolute atomic E-state index is 0.00326. The first-order valence-electron chi connectivity index (χ1n) is 14.8. The standard InChI is InChI=1S/C31H35F4N3O6/c1-3-43-30(41)16-6-9-20(10-7-16)44-24-13-21(23(42-2)14-22(24)32)28(39)38-27-18-5-4-17(12-18)26(27)29(40)37-25-11-8-19(15-36-25)31(33,34)35/h8,11,13-18,20,26-27H,3-7,9-10,12H2,1-2H3,(H,38,39)(H,36,37,40)/t16?,17-,18+,20?,26+,27-/m1/s1. The molecule has 4 atom stereocenters. The first-order valence-corrected chi connectivity index (χ1v) is 14.8. The van der Waals surface area contributed by atoms with Crippen molar-refractivity contribution in [2.24, 2.45) is 23.7 Å². The highest BCUT2D eigenvalue weighted by molar-refractivity contribution is 5.99. The van der Waals surface area contributed by atoms with Gasteiger partial charge in [-0.15, -0.1) is 0 Å². The van der Waals surface area contributed by atoms with E-state index in [0.717, 1.165) is 31.0 Å². The van der Waals surface area contributed by atoms with Crippen LogP contribution in [0.5, 0.6) is 11.5 Å². The van der Waals surface area contributed by atoms with Gasteiger partial charge in [0.15, 0.2) is 11.6 Å². The molecule has 13 heteroatoms. The lowest BCUT2D eigenvalue weighted by Gasteiger charge is -2.31. The molecule has 44 heavy (non-hydrogen) atoms. The second kappa shape index (κ2) is 13.0. The molecule has 5 rings (SSSR count). The zero-order valence-electron chi connectivity index (χ0n) is 24.4. The van der Waals surface area contributed by atoms with E-state index in [9.17, 15) is 27.6 Å². The fourth-order valence-corrected chi connectivity index (χ4v) is 6.78. The summed E-state index contributed by atoms with van der Waals surface area (Å²) >= 11 is 0. The summed E-state index contributed by atoms with van der Waals surface area (Å²) in [6.45, 7) is 2.06. The van der Waals surface area contributed by atoms with Gasteiger partial charge in [0.1, 0.15) is 11.6 Å². The Bertz CT molecular complexity index is 1380. The van der Waals surface area contributed by atoms with E-state index in [1.165, 1.54) is 13.2 Å². The maximum Gasteiger partial charge on any atom is 0.417 e. The smallest absolute Gasteiger partial charge is 0.417 e. The molecular formula is C31H35F4N3O6. The summed E-state index contributed by atoms with van der Waals surface area (Å²) in [5.41, 5.74) is -0.892. The number of rotatable bonds is 9. The topological polar surface area (TPSA) is 116 Å². The number of halogens is 4. The van der Waals surface area contributed by atoms with Crippen molar-refractivity contribution in [3.8, 4) is 11.5 Å². The van der Waals surface area contributed by atoms with E-state index in [2.05, 4.69) is 15.6 Å². The molecule has 0 unspecified atom stereocenters. The number of benzene rings is 1. The third-order valence-corrected chi connectivity index (χ3v) is 8.95. The van der Waals surface area contributed by atoms with Gasteiger partial charge >= 0.3 is 12.1 Å². The number of esters is 1. The molecule has 238 valence electrons. The van der Waals surface area contributed by atoms with Crippen molar-refractivity contribution < 1.29 is 46.2 Å². The summed E-state index contributed by atoms with van der Waals surface area (Å²) in [4.78, 5) is 42.7. The van der Waals surface area contributed by atoms with E-state index in [1.54, 1.807) is 6.92 Å². The van der Waals surface area contributed by atoms with E-state index in [-0.39, 0.29) is 52.7 Å². The van der Waals surface area contributed by atoms with Crippen LogP contribution in [0.15, 0.2) is 30.5 Å². The molecule has 3 aliphatic rings. The van der Waals surface area contributed by atoms with Crippen LogP contribution in [-0.2, 0) is 20.5 Å². The van der Waals surface area contributed by atoms with E-state index >= 15 is 4.39 Å². The molecule has 2 amide bonds. The number of pyridine rings is 1. The number of methoxy groups -OCH3 is 1. The zero-order valence-corrected chi connectivity index (χ0v) is 24.4. The van der Waals surface area contributed by atoms with Gasteiger partial charge in [0.2, 0.25) is 5.91 Å². The Morgan fingerprint density at radius 2 is 1.73 bits per heavy atom. The number of nitrogens with one attached hydrogen (secondary N) is 2. The van der Waals surface area contributed by atoms with Crippen LogP contribution in [0, 0.1) is 29.5 Å². The molecule has 2 N–H and O–H groups in total. The normalized spacial score (nSPS) is 26.1. The Morgan fingerprint density at radius 3 is 2.36 bits per heavy atom. The Balaban J connectivity index is 1.27. The number of anilines is 1. The van der Waals surface area contributed by atoms with Gasteiger partial charge in [-0.1, -0.05) is 0 Å². The van der Waals surface area contributed by atoms with Crippen molar-refractivity contribution in [1.29, 1.82) is 0 Å². The van der Waals surface area contributed by atoms with Crippen LogP contribution >= 0.6 is 0 Å². The Hall–Kier alpha value is -3.90. The van der Waals surface area contributed by atoms with Crippen molar-refractivity contribution in [2.45, 2.75) is 70.2 Å². The lowest BCUT2D eigenvalue weighted by molar-refractivity contribution is -0.149. The van der Waals surface area contributed by atoms with Gasteiger partial charge in [-0.05, 0) is 81.9 Å². The number of hydrogen-bond acceptors (Lipinski definition) is 7. The first-order chi connectivity index (χ1) is 21.0. The van der Waals surface area contributed by atoms with Crippen molar-refractivity contribution in [3.63, 3.8) is 0 Å². The van der Waals surface area contributed by atoms with E-state index in [0.29, 0.717) is 44.9 Å². The predicted molar refractivity (Wildman–Crippen MR) is 149 cm³/mol. The maximum atomic E-state index is 15.0. The van der Waals surface area contributed by atoms with Crippen LogP contribution in [0.2, 0.25) is 0 Å². The van der Waals surface area contributed by atoms with E-state index in [4.69, 9.17) is 14.2 Å². The number of carbonyl (C=O) groups is 3. The van der Waals surface area contributed by atoms with Gasteiger partial charge in [-0.2, -0.15) is 13.2 Å². The molecule has 0 radical (unpaired) electrons. The Labute approximate surface area is 252 Å². The average molecular weight is 622 g/mol. The second-order valence-corrected chi connectivity index (χ2v) is 11.6. The van der Waals surface area contributed by atoms with Gasteiger partial charge in [0.25, 0.3) is 5.91 Å². The van der Waals surface area contributed by atoms with Crippen LogP contribution in [0.3, 0.4) is 0 Å². The molecule has 1 heterocycles. The first kappa shape index (κ1) is 31.5. The van der Waals surface area contributed by atoms with Crippen LogP contribution in [-0.4, -0.2) is 48.6 Å². The van der Waals surface area contributed by atoms with Gasteiger partial charge in [-0.3, -0.25) is 14.4 Å². The summed E-state index contributed by atoms with van der Waals surface area (Å²) in [6, 6.07) is 3.75. The molecule has 2 aromatic rings. The number of alkyl halides is 3. The molecule has 0 aliphatic heterocycles. The lowest BCUT2D eigenvalue weighted by atomic mass is 9.83. The second-order valence-electron chi connectivity index (χ2n) is 11.6. The molecular weight excluding hydrogens is 586 g/mol. The summed E-state index contributed by atoms with van der Waals surface area (Å²) in [7, 11) is 1.31. The Morgan fingerprint density at radius 1 is 1.00 bits per heavy atom. The van der Waals surface area contributed by atoms with Crippen molar-refractivity contribution in [2.75, 3.05) is 19.0 Å². The minimum atomic E-state index is -4.55. The number of carbonyl (C=O) groups excluding carboxylic acids is 3. The SMILES string of the molecule is CCOC(=O)C1CCC(Oc2cc(C(=O)N[C@@H]3[C@H]4CC[C@H](C4)[C@@H]3C(=O)Nc3ccc(C(F)(F)F)cn3)c(OC)cc2F)CC1. The molecule has 9 nitrogen and oxygen atoms in total. The third kappa shape index (κ3) is 6.76. The number of nitrogens with zero attached hydrogens (tertiary/aromatic N) is 1. The highest BCUT2D eigenvalue weighted by Gasteiger charge is 2.51. The third-order valence-electron chi connectivity index (χ3n) is 8.95. The Kier molecular flexibility index (Phi) is 9.31. The number of amides is 2. The summed E-state index contributed by atoms with van der Waals surface area (Å²) in [6.07, 6.45) is 0.192. The van der Waals surface area contributed by atoms with Gasteiger partial charge in [0, 0.05) is 18.3 Å². The fraction of sp³-hybridized carbons (Fsp3) is 0.548. The molecule has 0 saturated heterocycles. The quantitative estimate of drug-likeness (QED) is 0.279. The summed E-state index contributed by atoms with van der Waals surface area (Å²) in [5.74, 6) is -2.94. The highest BCUT2D eigenvalue weighted by Crippen LogP contribution is 2.49. The summed E-state index contributed by atoms with van der Waals surface area (Å²) < 4.78 is 70.0. The van der Waals surface area contributed by atoms with Crippen molar-refractivity contribution in [1.82, 2.24) is 10.3 Å². The minimum Gasteiger partial charge on any atom is -0.496 e. The maximum absolute atomic E-state index is 15.0. The fourth-order valence-electron chi connectivity index (χ4n) is 6.78. The molecule has 2 bridgehead atoms. The van der Waals surface area contributed by atoms with Gasteiger partial charge in [0.05, 0.1) is 42.8 Å². The van der Waals surface area contributed by atoms with Crippen LogP contribution in [0.25, 0.3) is 0 Å². The van der Waals surface area contributed by atoms with E-state index < -0.39 is 41.3 Å². The lowest BCUT2D eigenvalue weighted by Crippen LogP contribution is -2.48. The van der Waals surface area contributed by atoms with Gasteiger partial charge < -0.3 is 24.8 Å². The van der Waals surface area contributed by atoms with Gasteiger partial charge in [-0.25, -0.2) is 9.37 Å². The number of ether oxygens (including phenoxy) is 3. The molecule has 3 fully saturated rings. The molecule has 3 saturated carbocycles. The monoisotopic (exact) mass is 621 g/mol. The largest absolute Gasteiger partial charge is 0.496 e. The van der Waals surface area contributed by atoms with Crippen LogP contribution in [0.4, 0.5) is 23.4 Å². The highest BCUT2D eigenvalue weighted by atomic mass is 19.4. The molecule has 1 aromatic carbocycles. The van der Waals surface area contributed by atoms with Crippen LogP contribution in [0.1, 0.15) is 67.8 Å². The van der Waals surface area contributed by atoms with Crippen molar-refractivity contribution in [3.05, 3.63) is 47.4 Å².